The van der Waals surface area contributed by atoms with Crippen molar-refractivity contribution in [2.24, 2.45) is 0 Å². The van der Waals surface area contributed by atoms with Crippen LogP contribution >= 0.6 is 11.8 Å². The second-order valence-corrected chi connectivity index (χ2v) is 6.86. The van der Waals surface area contributed by atoms with Crippen molar-refractivity contribution < 1.29 is 19.1 Å². The number of carbonyl (C=O) groups excluding carboxylic acids is 3. The van der Waals surface area contributed by atoms with E-state index >= 15 is 0 Å². The van der Waals surface area contributed by atoms with E-state index in [0.717, 1.165) is 5.69 Å². The molecule has 0 aliphatic heterocycles. The number of amides is 3. The number of imide groups is 1. The maximum absolute atomic E-state index is 12.1. The maximum Gasteiger partial charge on any atom is 0.321 e. The molecule has 0 unspecified atom stereocenters. The lowest BCUT2D eigenvalue weighted by Crippen LogP contribution is -2.44. The summed E-state index contributed by atoms with van der Waals surface area (Å²) in [6.07, 6.45) is 1.79. The van der Waals surface area contributed by atoms with Gasteiger partial charge in [0.1, 0.15) is 0 Å². The highest BCUT2D eigenvalue weighted by Gasteiger charge is 2.18. The van der Waals surface area contributed by atoms with Gasteiger partial charge in [0.25, 0.3) is 11.7 Å². The first kappa shape index (κ1) is 20.6. The van der Waals surface area contributed by atoms with E-state index in [-0.39, 0.29) is 12.5 Å². The molecule has 2 aromatic heterocycles. The Balaban J connectivity index is 1.99. The first-order valence-corrected chi connectivity index (χ1v) is 9.46. The van der Waals surface area contributed by atoms with Crippen LogP contribution in [0.15, 0.2) is 5.16 Å². The van der Waals surface area contributed by atoms with Crippen molar-refractivity contribution in [2.75, 3.05) is 12.9 Å². The van der Waals surface area contributed by atoms with Gasteiger partial charge in [-0.3, -0.25) is 14.9 Å². The zero-order valence-corrected chi connectivity index (χ0v) is 16.6. The average Bonchev–Trinajstić information content (AvgIpc) is 2.99. The number of fused-ring (bicyclic) bond motifs is 1. The third-order valence-electron chi connectivity index (χ3n) is 3.57. The fourth-order valence-corrected chi connectivity index (χ4v) is 2.67. The van der Waals surface area contributed by atoms with Crippen molar-refractivity contribution in [3.63, 3.8) is 0 Å². The molecule has 0 spiro atoms. The highest BCUT2D eigenvalue weighted by Crippen LogP contribution is 2.17. The molecule has 0 fully saturated rings. The Morgan fingerprint density at radius 2 is 1.93 bits per heavy atom. The zero-order valence-electron chi connectivity index (χ0n) is 15.8. The normalized spacial score (nSPS) is 10.9. The molecule has 0 saturated carbocycles. The summed E-state index contributed by atoms with van der Waals surface area (Å²) in [4.78, 5) is 43.8. The Kier molecular flexibility index (Phi) is 6.72. The molecular weight excluding hydrogens is 372 g/mol. The number of hydrogen-bond acceptors (Lipinski definition) is 8. The number of nitrogens with one attached hydrogen (secondary N) is 2. The second-order valence-electron chi connectivity index (χ2n) is 6.09. The van der Waals surface area contributed by atoms with Crippen LogP contribution in [0.2, 0.25) is 0 Å². The van der Waals surface area contributed by atoms with Crippen LogP contribution in [0.3, 0.4) is 0 Å². The van der Waals surface area contributed by atoms with Crippen LogP contribution in [-0.2, 0) is 20.7 Å². The van der Waals surface area contributed by atoms with E-state index < -0.39 is 24.5 Å². The van der Waals surface area contributed by atoms with Crippen LogP contribution in [0.5, 0.6) is 0 Å². The number of hydrogen-bond donors (Lipinski definition) is 2. The van der Waals surface area contributed by atoms with Crippen LogP contribution < -0.4 is 10.6 Å². The molecule has 2 heterocycles. The van der Waals surface area contributed by atoms with E-state index in [9.17, 15) is 14.4 Å². The molecule has 0 aromatic carbocycles. The van der Waals surface area contributed by atoms with Gasteiger partial charge in [-0.2, -0.15) is 4.98 Å². The lowest BCUT2D eigenvalue weighted by Gasteiger charge is -2.11. The summed E-state index contributed by atoms with van der Waals surface area (Å²) >= 11 is 1.40. The van der Waals surface area contributed by atoms with Gasteiger partial charge in [0, 0.05) is 23.0 Å². The van der Waals surface area contributed by atoms with E-state index in [1.165, 1.54) is 11.8 Å². The first-order valence-electron chi connectivity index (χ1n) is 8.24. The molecule has 2 aromatic rings. The van der Waals surface area contributed by atoms with Gasteiger partial charge in [-0.15, -0.1) is 5.10 Å². The summed E-state index contributed by atoms with van der Waals surface area (Å²) in [7, 11) is 0. The number of urea groups is 1. The third kappa shape index (κ3) is 5.39. The molecule has 0 saturated heterocycles. The van der Waals surface area contributed by atoms with Gasteiger partial charge in [-0.25, -0.2) is 14.3 Å². The van der Waals surface area contributed by atoms with Gasteiger partial charge in [-0.05, 0) is 34.0 Å². The maximum atomic E-state index is 12.1. The number of carbonyl (C=O) groups is 3. The summed E-state index contributed by atoms with van der Waals surface area (Å²) in [5.74, 6) is -0.849. The van der Waals surface area contributed by atoms with Gasteiger partial charge in [0.05, 0.1) is 6.42 Å². The van der Waals surface area contributed by atoms with E-state index in [1.807, 2.05) is 13.2 Å². The molecular formula is C16H22N6O4S. The Bertz CT molecular complexity index is 879. The number of thioether (sulfide) groups is 1. The van der Waals surface area contributed by atoms with E-state index in [1.54, 1.807) is 25.3 Å². The van der Waals surface area contributed by atoms with Crippen molar-refractivity contribution in [2.45, 2.75) is 45.3 Å². The quantitative estimate of drug-likeness (QED) is 0.543. The molecule has 0 aliphatic rings. The van der Waals surface area contributed by atoms with Gasteiger partial charge in [-0.1, -0.05) is 11.8 Å². The average molecular weight is 394 g/mol. The van der Waals surface area contributed by atoms with Crippen LogP contribution in [0.25, 0.3) is 5.78 Å². The van der Waals surface area contributed by atoms with Crippen molar-refractivity contribution in [3.05, 3.63) is 17.0 Å². The van der Waals surface area contributed by atoms with Crippen molar-refractivity contribution in [1.82, 2.24) is 30.2 Å². The summed E-state index contributed by atoms with van der Waals surface area (Å²) in [6, 6.07) is -0.750. The molecule has 146 valence electrons. The number of ether oxygens (including phenoxy) is 1. The Labute approximate surface area is 160 Å². The van der Waals surface area contributed by atoms with E-state index in [4.69, 9.17) is 4.74 Å². The molecule has 0 bridgehead atoms. The molecule has 27 heavy (non-hydrogen) atoms. The zero-order chi connectivity index (χ0) is 20.1. The monoisotopic (exact) mass is 394 g/mol. The van der Waals surface area contributed by atoms with Crippen molar-refractivity contribution >= 4 is 35.4 Å². The lowest BCUT2D eigenvalue weighted by atomic mass is 10.1. The highest BCUT2D eigenvalue weighted by molar-refractivity contribution is 7.98. The minimum absolute atomic E-state index is 0.0689. The fraction of sp³-hybridized carbons (Fsp3) is 0.500. The highest BCUT2D eigenvalue weighted by atomic mass is 32.2. The topological polar surface area (TPSA) is 128 Å². The third-order valence-corrected chi connectivity index (χ3v) is 4.11. The summed E-state index contributed by atoms with van der Waals surface area (Å²) in [5.41, 5.74) is 2.02. The molecule has 2 N–H and O–H groups in total. The Hall–Kier alpha value is -2.69. The standard InChI is InChI=1S/C16H22N6O4S/c1-8(2)17-15(25)19-12(23)7-26-13(24)6-11-9(3)18-14-20-16(27-5)21-22(14)10(11)4/h8H,6-7H2,1-5H3,(H2,17,19,23,25). The van der Waals surface area contributed by atoms with Crippen LogP contribution in [-0.4, -0.2) is 56.4 Å². The number of esters is 1. The Morgan fingerprint density at radius 1 is 1.22 bits per heavy atom. The van der Waals surface area contributed by atoms with Crippen molar-refractivity contribution in [1.29, 1.82) is 0 Å². The summed E-state index contributed by atoms with van der Waals surface area (Å²) in [5, 5.41) is 9.49. The minimum atomic E-state index is -0.704. The largest absolute Gasteiger partial charge is 0.455 e. The van der Waals surface area contributed by atoms with Crippen LogP contribution in [0, 0.1) is 13.8 Å². The minimum Gasteiger partial charge on any atom is -0.455 e. The molecule has 0 radical (unpaired) electrons. The molecule has 3 amide bonds. The number of nitrogens with zero attached hydrogens (tertiary/aromatic N) is 4. The number of rotatable bonds is 6. The smallest absolute Gasteiger partial charge is 0.321 e. The van der Waals surface area contributed by atoms with Gasteiger partial charge in [0.2, 0.25) is 5.16 Å². The predicted molar refractivity (Wildman–Crippen MR) is 98.5 cm³/mol. The van der Waals surface area contributed by atoms with E-state index in [0.29, 0.717) is 22.2 Å². The van der Waals surface area contributed by atoms with Crippen molar-refractivity contribution in [3.8, 4) is 0 Å². The summed E-state index contributed by atoms with van der Waals surface area (Å²) < 4.78 is 6.53. The number of aryl methyl sites for hydroxylation is 2. The first-order chi connectivity index (χ1) is 12.7. The van der Waals surface area contributed by atoms with E-state index in [2.05, 4.69) is 25.7 Å². The lowest BCUT2D eigenvalue weighted by molar-refractivity contribution is -0.147. The summed E-state index contributed by atoms with van der Waals surface area (Å²) in [6.45, 7) is 6.56. The van der Waals surface area contributed by atoms with Gasteiger partial charge >= 0.3 is 12.0 Å². The van der Waals surface area contributed by atoms with Crippen LogP contribution in [0.1, 0.15) is 30.8 Å². The van der Waals surface area contributed by atoms with Gasteiger partial charge < -0.3 is 10.1 Å². The molecule has 0 atom stereocenters. The second kappa shape index (κ2) is 8.80. The molecule has 11 heteroatoms. The van der Waals surface area contributed by atoms with Crippen LogP contribution in [0.4, 0.5) is 4.79 Å². The number of aromatic nitrogens is 4. The SMILES string of the molecule is CSc1nc2nc(C)c(CC(=O)OCC(=O)NC(=O)NC(C)C)c(C)n2n1. The molecule has 10 nitrogen and oxygen atoms in total. The molecule has 2 rings (SSSR count). The fourth-order valence-electron chi connectivity index (χ4n) is 2.33. The molecule has 0 aliphatic carbocycles. The predicted octanol–water partition coefficient (Wildman–Crippen LogP) is 0.783. The van der Waals surface area contributed by atoms with Gasteiger partial charge in [0.15, 0.2) is 6.61 Å². The Morgan fingerprint density at radius 3 is 2.56 bits per heavy atom.